The van der Waals surface area contributed by atoms with Gasteiger partial charge in [-0.25, -0.2) is 4.39 Å². The first-order valence-corrected chi connectivity index (χ1v) is 16.2. The highest BCUT2D eigenvalue weighted by Gasteiger charge is 2.33. The van der Waals surface area contributed by atoms with Crippen molar-refractivity contribution in [3.05, 3.63) is 102 Å². The Balaban J connectivity index is 1.33. The zero-order chi connectivity index (χ0) is 31.1. The van der Waals surface area contributed by atoms with E-state index in [0.717, 1.165) is 53.9 Å². The number of nitrogens with zero attached hydrogens (tertiary/aromatic N) is 4. The second-order valence-electron chi connectivity index (χ2n) is 12.3. The molecular weight excluding hydrogens is 575 g/mol. The summed E-state index contributed by atoms with van der Waals surface area (Å²) in [5.41, 5.74) is 6.60. The quantitative estimate of drug-likeness (QED) is 0.278. The average Bonchev–Trinajstić information content (AvgIpc) is 3.39. The molecule has 0 saturated carbocycles. The minimum Gasteiger partial charge on any atom is -0.392 e. The number of amides is 1. The van der Waals surface area contributed by atoms with Gasteiger partial charge in [-0.15, -0.1) is 11.3 Å². The van der Waals surface area contributed by atoms with Gasteiger partial charge in [-0.2, -0.15) is 0 Å². The van der Waals surface area contributed by atoms with Gasteiger partial charge in [-0.1, -0.05) is 6.07 Å². The standard InChI is InChI=1S/C35H39FN4O3S/c1-21(2)38(3)18-22-9-10-26(37-17-22)14-23-13-24(19-39(4)34(23)42)29-15-25(36)16-31(30(29)20-41)40-12-11-28-27-7-5-6-8-32(27)44-33(28)35(40)43/h9-10,13,15-17,19,21,41H,5-8,11-12,14,18,20H2,1-4H3. The fraction of sp³-hybridized carbons (Fsp3) is 0.400. The zero-order valence-corrected chi connectivity index (χ0v) is 26.6. The van der Waals surface area contributed by atoms with Crippen molar-refractivity contribution in [1.82, 2.24) is 14.5 Å². The molecule has 4 heterocycles. The third kappa shape index (κ3) is 5.76. The highest BCUT2D eigenvalue weighted by Crippen LogP contribution is 2.40. The monoisotopic (exact) mass is 614 g/mol. The molecule has 9 heteroatoms. The number of halogens is 1. The Bertz CT molecular complexity index is 1780. The molecule has 0 spiro atoms. The first kappa shape index (κ1) is 30.4. The lowest BCUT2D eigenvalue weighted by molar-refractivity contribution is 0.0984. The van der Waals surface area contributed by atoms with Gasteiger partial charge in [-0.3, -0.25) is 19.5 Å². The predicted octanol–water partition coefficient (Wildman–Crippen LogP) is 5.65. The molecule has 0 fully saturated rings. The Hall–Kier alpha value is -3.66. The number of hydrogen-bond donors (Lipinski definition) is 1. The fourth-order valence-corrected chi connectivity index (χ4v) is 7.79. The van der Waals surface area contributed by atoms with Crippen LogP contribution in [0, 0.1) is 5.82 Å². The van der Waals surface area contributed by atoms with E-state index >= 15 is 4.39 Å². The first-order chi connectivity index (χ1) is 21.1. The van der Waals surface area contributed by atoms with E-state index < -0.39 is 5.82 Å². The minimum atomic E-state index is -0.504. The maximum absolute atomic E-state index is 15.3. The maximum atomic E-state index is 15.3. The molecule has 2 aliphatic rings. The normalized spacial score (nSPS) is 14.8. The second-order valence-corrected chi connectivity index (χ2v) is 13.5. The number of aliphatic hydroxyl groups is 1. The Morgan fingerprint density at radius 2 is 1.89 bits per heavy atom. The number of carbonyl (C=O) groups is 1. The Morgan fingerprint density at radius 3 is 2.61 bits per heavy atom. The number of anilines is 1. The van der Waals surface area contributed by atoms with Gasteiger partial charge in [0.2, 0.25) is 0 Å². The van der Waals surface area contributed by atoms with E-state index in [9.17, 15) is 14.7 Å². The van der Waals surface area contributed by atoms with E-state index in [1.54, 1.807) is 35.5 Å². The zero-order valence-electron chi connectivity index (χ0n) is 25.8. The van der Waals surface area contributed by atoms with E-state index in [1.165, 1.54) is 27.1 Å². The topological polar surface area (TPSA) is 78.7 Å². The minimum absolute atomic E-state index is 0.132. The molecule has 230 valence electrons. The third-order valence-corrected chi connectivity index (χ3v) is 10.4. The number of rotatable bonds is 8. The molecule has 0 unspecified atom stereocenters. The summed E-state index contributed by atoms with van der Waals surface area (Å²) < 4.78 is 16.8. The van der Waals surface area contributed by atoms with Crippen molar-refractivity contribution in [3.8, 4) is 11.1 Å². The number of fused-ring (bicyclic) bond motifs is 3. The van der Waals surface area contributed by atoms with Crippen LogP contribution in [0.2, 0.25) is 0 Å². The Kier molecular flexibility index (Phi) is 8.55. The SMILES string of the molecule is CC(C)N(C)Cc1ccc(Cc2cc(-c3cc(F)cc(N4CCc5c(sc6c5CCCC6)C4=O)c3CO)cn(C)c2=O)nc1. The number of aromatic nitrogens is 2. The molecule has 1 amide bonds. The molecule has 3 aromatic heterocycles. The largest absolute Gasteiger partial charge is 0.392 e. The van der Waals surface area contributed by atoms with Crippen LogP contribution in [0.15, 0.2) is 47.5 Å². The highest BCUT2D eigenvalue weighted by molar-refractivity contribution is 7.14. The van der Waals surface area contributed by atoms with E-state index in [2.05, 4.69) is 30.8 Å². The van der Waals surface area contributed by atoms with Crippen molar-refractivity contribution in [2.45, 2.75) is 71.6 Å². The van der Waals surface area contributed by atoms with Crippen LogP contribution >= 0.6 is 11.3 Å². The van der Waals surface area contributed by atoms with Crippen molar-refractivity contribution >= 4 is 22.9 Å². The summed E-state index contributed by atoms with van der Waals surface area (Å²) in [6.45, 7) is 5.12. The summed E-state index contributed by atoms with van der Waals surface area (Å²) in [6, 6.07) is 8.86. The lowest BCUT2D eigenvalue weighted by Gasteiger charge is -2.30. The molecule has 4 aromatic rings. The van der Waals surface area contributed by atoms with Gasteiger partial charge in [-0.05, 0) is 105 Å². The molecule has 1 aromatic carbocycles. The van der Waals surface area contributed by atoms with Crippen molar-refractivity contribution < 1.29 is 14.3 Å². The lowest BCUT2D eigenvalue weighted by atomic mass is 9.91. The van der Waals surface area contributed by atoms with Crippen LogP contribution in [0.5, 0.6) is 0 Å². The molecule has 0 atom stereocenters. The molecular formula is C35H39FN4O3S. The van der Waals surface area contributed by atoms with Crippen LogP contribution in [0.1, 0.15) is 74.7 Å². The molecule has 1 N–H and O–H groups in total. The number of thiophene rings is 1. The molecule has 1 aliphatic heterocycles. The number of pyridine rings is 2. The molecule has 6 rings (SSSR count). The summed E-state index contributed by atoms with van der Waals surface area (Å²) in [5.74, 6) is -0.637. The summed E-state index contributed by atoms with van der Waals surface area (Å²) >= 11 is 1.58. The van der Waals surface area contributed by atoms with Crippen molar-refractivity contribution in [1.29, 1.82) is 0 Å². The maximum Gasteiger partial charge on any atom is 0.268 e. The molecule has 44 heavy (non-hydrogen) atoms. The highest BCUT2D eigenvalue weighted by atomic mass is 32.1. The molecule has 7 nitrogen and oxygen atoms in total. The number of aryl methyl sites for hydroxylation is 2. The smallest absolute Gasteiger partial charge is 0.268 e. The third-order valence-electron chi connectivity index (χ3n) is 9.09. The number of hydrogen-bond acceptors (Lipinski definition) is 6. The predicted molar refractivity (Wildman–Crippen MR) is 173 cm³/mol. The van der Waals surface area contributed by atoms with Gasteiger partial charge >= 0.3 is 0 Å². The van der Waals surface area contributed by atoms with E-state index in [-0.39, 0.29) is 18.1 Å². The van der Waals surface area contributed by atoms with E-state index in [0.29, 0.717) is 53.4 Å². The summed E-state index contributed by atoms with van der Waals surface area (Å²) in [7, 11) is 3.74. The van der Waals surface area contributed by atoms with Crippen molar-refractivity contribution in [2.24, 2.45) is 7.05 Å². The van der Waals surface area contributed by atoms with Crippen LogP contribution in [0.25, 0.3) is 11.1 Å². The van der Waals surface area contributed by atoms with Gasteiger partial charge < -0.3 is 14.6 Å². The second kappa shape index (κ2) is 12.4. The summed E-state index contributed by atoms with van der Waals surface area (Å²) in [6.07, 6.45) is 8.85. The van der Waals surface area contributed by atoms with E-state index in [1.807, 2.05) is 18.3 Å². The lowest BCUT2D eigenvalue weighted by Crippen LogP contribution is -2.37. The fourth-order valence-electron chi connectivity index (χ4n) is 6.41. The van der Waals surface area contributed by atoms with Crippen molar-refractivity contribution in [2.75, 3.05) is 18.5 Å². The van der Waals surface area contributed by atoms with Crippen LogP contribution in [-0.4, -0.2) is 45.1 Å². The Labute approximate surface area is 261 Å². The van der Waals surface area contributed by atoms with Crippen LogP contribution in [-0.2, 0) is 45.9 Å². The van der Waals surface area contributed by atoms with Gasteiger partial charge in [0.05, 0.1) is 17.2 Å². The van der Waals surface area contributed by atoms with Gasteiger partial charge in [0.1, 0.15) is 5.82 Å². The number of carbonyl (C=O) groups excluding carboxylic acids is 1. The molecule has 0 saturated heterocycles. The summed E-state index contributed by atoms with van der Waals surface area (Å²) in [5, 5.41) is 10.6. The average molecular weight is 615 g/mol. The van der Waals surface area contributed by atoms with E-state index in [4.69, 9.17) is 0 Å². The number of aliphatic hydroxyl groups excluding tert-OH is 1. The Morgan fingerprint density at radius 1 is 1.09 bits per heavy atom. The molecule has 0 bridgehead atoms. The van der Waals surface area contributed by atoms with Gasteiger partial charge in [0.15, 0.2) is 0 Å². The first-order valence-electron chi connectivity index (χ1n) is 15.4. The molecule has 0 radical (unpaired) electrons. The van der Waals surface area contributed by atoms with Crippen LogP contribution in [0.3, 0.4) is 0 Å². The van der Waals surface area contributed by atoms with Gasteiger partial charge in [0, 0.05) is 66.7 Å². The van der Waals surface area contributed by atoms with Gasteiger partial charge in [0.25, 0.3) is 11.5 Å². The number of benzene rings is 1. The van der Waals surface area contributed by atoms with Crippen LogP contribution < -0.4 is 10.5 Å². The molecule has 1 aliphatic carbocycles. The van der Waals surface area contributed by atoms with Crippen LogP contribution in [0.4, 0.5) is 10.1 Å². The summed E-state index contributed by atoms with van der Waals surface area (Å²) in [4.78, 5) is 37.5. The van der Waals surface area contributed by atoms with Crippen molar-refractivity contribution in [3.63, 3.8) is 0 Å².